The summed E-state index contributed by atoms with van der Waals surface area (Å²) in [4.78, 5) is 2.60. The van der Waals surface area contributed by atoms with Gasteiger partial charge in [0, 0.05) is 33.8 Å². The molecule has 4 heteroatoms. The third kappa shape index (κ3) is 11.3. The Labute approximate surface area is 273 Å². The van der Waals surface area contributed by atoms with Crippen molar-refractivity contribution in [2.24, 2.45) is 0 Å². The van der Waals surface area contributed by atoms with E-state index in [9.17, 15) is 0 Å². The first kappa shape index (κ1) is 37.4. The Morgan fingerprint density at radius 2 is 0.977 bits per heavy atom. The molecule has 0 amide bonds. The number of benzene rings is 2. The van der Waals surface area contributed by atoms with Crippen molar-refractivity contribution in [1.82, 2.24) is 0 Å². The highest BCUT2D eigenvalue weighted by Crippen LogP contribution is 2.50. The minimum atomic E-state index is -0.101. The van der Waals surface area contributed by atoms with Crippen LogP contribution in [0.15, 0.2) is 64.8 Å². The molecule has 0 aliphatic carbocycles. The zero-order valence-corrected chi connectivity index (χ0v) is 31.7. The standard InChI is InChI=1S/C39H60O2S2/c1-26(40-17)19-18-20-27(2)41-34-32(37(9,10)11)24-31(25-33(34)38(12,13)14)43-39(15,16)42-30-22-28(35(3,4)5)21-29(23-30)36(6,7)8/h21-25H,1-2,18-20H2,3-17H3. The van der Waals surface area contributed by atoms with Gasteiger partial charge >= 0.3 is 0 Å². The molecule has 43 heavy (non-hydrogen) atoms. The fraction of sp³-hybridized carbons (Fsp3) is 0.590. The summed E-state index contributed by atoms with van der Waals surface area (Å²) in [5, 5.41) is 0. The number of methoxy groups -OCH3 is 1. The van der Waals surface area contributed by atoms with Crippen molar-refractivity contribution in [3.63, 3.8) is 0 Å². The van der Waals surface area contributed by atoms with Gasteiger partial charge in [0.05, 0.1) is 22.7 Å². The largest absolute Gasteiger partial charge is 0.502 e. The van der Waals surface area contributed by atoms with Crippen molar-refractivity contribution in [3.05, 3.63) is 77.3 Å². The second kappa shape index (κ2) is 13.7. The Bertz CT molecular complexity index is 1220. The quantitative estimate of drug-likeness (QED) is 0.141. The summed E-state index contributed by atoms with van der Waals surface area (Å²) in [5.41, 5.74) is 5.20. The first-order chi connectivity index (χ1) is 19.3. The van der Waals surface area contributed by atoms with Crippen LogP contribution in [0.5, 0.6) is 5.75 Å². The van der Waals surface area contributed by atoms with Gasteiger partial charge in [0.1, 0.15) is 5.75 Å². The molecule has 0 radical (unpaired) electrons. The van der Waals surface area contributed by atoms with Gasteiger partial charge in [0.2, 0.25) is 0 Å². The lowest BCUT2D eigenvalue weighted by Gasteiger charge is -2.32. The predicted octanol–water partition coefficient (Wildman–Crippen LogP) is 12.7. The minimum Gasteiger partial charge on any atom is -0.502 e. The highest BCUT2D eigenvalue weighted by molar-refractivity contribution is 8.18. The van der Waals surface area contributed by atoms with E-state index in [0.29, 0.717) is 0 Å². The molecule has 0 spiro atoms. The molecule has 0 fully saturated rings. The van der Waals surface area contributed by atoms with Crippen LogP contribution >= 0.6 is 23.5 Å². The van der Waals surface area contributed by atoms with Crippen molar-refractivity contribution in [2.45, 2.75) is 152 Å². The van der Waals surface area contributed by atoms with Gasteiger partial charge in [-0.15, -0.1) is 23.5 Å². The molecule has 0 bridgehead atoms. The van der Waals surface area contributed by atoms with Gasteiger partial charge in [0.15, 0.2) is 0 Å². The predicted molar refractivity (Wildman–Crippen MR) is 193 cm³/mol. The molecule has 0 saturated carbocycles. The summed E-state index contributed by atoms with van der Waals surface area (Å²) in [6.45, 7) is 40.4. The van der Waals surface area contributed by atoms with Gasteiger partial charge in [-0.2, -0.15) is 0 Å². The molecular weight excluding hydrogens is 565 g/mol. The van der Waals surface area contributed by atoms with Crippen LogP contribution in [0.4, 0.5) is 0 Å². The third-order valence-electron chi connectivity index (χ3n) is 7.49. The molecule has 0 aromatic heterocycles. The SMILES string of the molecule is C=C(CCCC(=C)Oc1c(C(C)(C)C)cc(SC(C)(C)Sc2cc(C(C)(C)C)cc(C(C)(C)C)c2)cc1C(C)(C)C)OC. The van der Waals surface area contributed by atoms with E-state index in [0.717, 1.165) is 36.5 Å². The molecule has 2 aromatic rings. The van der Waals surface area contributed by atoms with E-state index >= 15 is 0 Å². The fourth-order valence-electron chi connectivity index (χ4n) is 4.78. The average Bonchev–Trinajstić information content (AvgIpc) is 2.81. The average molecular weight is 625 g/mol. The molecule has 2 nitrogen and oxygen atoms in total. The van der Waals surface area contributed by atoms with Crippen molar-refractivity contribution < 1.29 is 9.47 Å². The van der Waals surface area contributed by atoms with Crippen LogP contribution in [-0.4, -0.2) is 11.2 Å². The van der Waals surface area contributed by atoms with Crippen LogP contribution in [0.2, 0.25) is 0 Å². The lowest BCUT2D eigenvalue weighted by atomic mass is 9.79. The number of ether oxygens (including phenoxy) is 2. The lowest BCUT2D eigenvalue weighted by molar-refractivity contribution is 0.275. The molecule has 0 heterocycles. The van der Waals surface area contributed by atoms with Crippen LogP contribution in [0, 0.1) is 0 Å². The Kier molecular flexibility index (Phi) is 11.9. The molecule has 0 aliphatic rings. The van der Waals surface area contributed by atoms with Crippen LogP contribution < -0.4 is 4.74 Å². The third-order valence-corrected chi connectivity index (χ3v) is 9.92. The number of hydrogen-bond donors (Lipinski definition) is 0. The van der Waals surface area contributed by atoms with Gasteiger partial charge in [0.25, 0.3) is 0 Å². The maximum Gasteiger partial charge on any atom is 0.134 e. The monoisotopic (exact) mass is 624 g/mol. The summed E-state index contributed by atoms with van der Waals surface area (Å²) in [5.74, 6) is 2.53. The summed E-state index contributed by atoms with van der Waals surface area (Å²) in [7, 11) is 1.67. The molecule has 240 valence electrons. The summed E-state index contributed by atoms with van der Waals surface area (Å²) in [6.07, 6.45) is 2.46. The Balaban J connectivity index is 2.52. The second-order valence-electron chi connectivity index (χ2n) is 16.4. The maximum atomic E-state index is 6.64. The highest BCUT2D eigenvalue weighted by Gasteiger charge is 2.31. The molecule has 0 aliphatic heterocycles. The Hall–Kier alpha value is -1.78. The van der Waals surface area contributed by atoms with Gasteiger partial charge in [-0.05, 0) is 77.3 Å². The zero-order chi connectivity index (χ0) is 33.2. The number of thioether (sulfide) groups is 2. The summed E-state index contributed by atoms with van der Waals surface area (Å²) >= 11 is 3.89. The molecule has 0 N–H and O–H groups in total. The van der Waals surface area contributed by atoms with Crippen molar-refractivity contribution in [3.8, 4) is 5.75 Å². The van der Waals surface area contributed by atoms with E-state index < -0.39 is 0 Å². The van der Waals surface area contributed by atoms with Gasteiger partial charge < -0.3 is 9.47 Å². The molecule has 0 unspecified atom stereocenters. The summed E-state index contributed by atoms with van der Waals surface area (Å²) < 4.78 is 11.8. The van der Waals surface area contributed by atoms with Crippen LogP contribution in [0.25, 0.3) is 0 Å². The summed E-state index contributed by atoms with van der Waals surface area (Å²) in [6, 6.07) is 11.9. The molecule has 0 saturated heterocycles. The number of allylic oxidation sites excluding steroid dienone is 2. The van der Waals surface area contributed by atoms with Crippen molar-refractivity contribution in [1.29, 1.82) is 0 Å². The van der Waals surface area contributed by atoms with Crippen molar-refractivity contribution >= 4 is 23.5 Å². The Morgan fingerprint density at radius 1 is 0.581 bits per heavy atom. The lowest BCUT2D eigenvalue weighted by Crippen LogP contribution is -2.20. The normalized spacial score (nSPS) is 13.2. The first-order valence-corrected chi connectivity index (χ1v) is 17.3. The zero-order valence-electron chi connectivity index (χ0n) is 30.1. The second-order valence-corrected chi connectivity index (χ2v) is 20.1. The number of rotatable bonds is 11. The Morgan fingerprint density at radius 3 is 1.35 bits per heavy atom. The minimum absolute atomic E-state index is 0.0916. The van der Waals surface area contributed by atoms with Crippen LogP contribution in [-0.2, 0) is 26.4 Å². The molecule has 0 atom stereocenters. The fourth-order valence-corrected chi connectivity index (χ4v) is 7.38. The van der Waals surface area contributed by atoms with Gasteiger partial charge in [-0.1, -0.05) is 102 Å². The van der Waals surface area contributed by atoms with Crippen LogP contribution in [0.3, 0.4) is 0 Å². The van der Waals surface area contributed by atoms with Gasteiger partial charge in [-0.3, -0.25) is 0 Å². The van der Waals surface area contributed by atoms with E-state index in [-0.39, 0.29) is 25.7 Å². The number of hydrogen-bond acceptors (Lipinski definition) is 4. The highest BCUT2D eigenvalue weighted by atomic mass is 32.2. The van der Waals surface area contributed by atoms with E-state index in [1.807, 2.05) is 23.5 Å². The first-order valence-electron chi connectivity index (χ1n) is 15.6. The maximum absolute atomic E-state index is 6.64. The molecular formula is C39H60O2S2. The van der Waals surface area contributed by atoms with Gasteiger partial charge in [-0.25, -0.2) is 0 Å². The van der Waals surface area contributed by atoms with E-state index in [1.54, 1.807) is 7.11 Å². The van der Waals surface area contributed by atoms with Crippen LogP contribution in [0.1, 0.15) is 138 Å². The van der Waals surface area contributed by atoms with E-state index in [2.05, 4.69) is 140 Å². The topological polar surface area (TPSA) is 18.5 Å². The van der Waals surface area contributed by atoms with E-state index in [1.165, 1.54) is 32.0 Å². The van der Waals surface area contributed by atoms with E-state index in [4.69, 9.17) is 9.47 Å². The van der Waals surface area contributed by atoms with Crippen molar-refractivity contribution in [2.75, 3.05) is 7.11 Å². The molecule has 2 rings (SSSR count). The molecule has 2 aromatic carbocycles. The smallest absolute Gasteiger partial charge is 0.134 e.